The van der Waals surface area contributed by atoms with Gasteiger partial charge in [-0.15, -0.1) is 0 Å². The third-order valence-corrected chi connectivity index (χ3v) is 1.51. The molecular weight excluding hydrogens is 160 g/mol. The summed E-state index contributed by atoms with van der Waals surface area (Å²) in [6.07, 6.45) is -0.392. The number of nitrogens with two attached hydrogens (primary N) is 1. The van der Waals surface area contributed by atoms with Gasteiger partial charge in [-0.25, -0.2) is 0 Å². The highest BCUT2D eigenvalue weighted by atomic mass is 16.3. The predicted octanol–water partition coefficient (Wildman–Crippen LogP) is -2.01. The number of aliphatic hydroxyl groups is 3. The number of hydrogen-bond acceptors (Lipinski definition) is 5. The lowest BCUT2D eigenvalue weighted by Crippen LogP contribution is -2.33. The minimum Gasteiger partial charge on any atom is -0.394 e. The Morgan fingerprint density at radius 3 is 2.42 bits per heavy atom. The van der Waals surface area contributed by atoms with E-state index in [2.05, 4.69) is 5.32 Å². The molecule has 0 saturated heterocycles. The van der Waals surface area contributed by atoms with Gasteiger partial charge in [-0.05, 0) is 19.4 Å². The van der Waals surface area contributed by atoms with Crippen LogP contribution < -0.4 is 11.1 Å². The zero-order valence-corrected chi connectivity index (χ0v) is 7.11. The van der Waals surface area contributed by atoms with E-state index >= 15 is 0 Å². The zero-order chi connectivity index (χ0) is 9.40. The summed E-state index contributed by atoms with van der Waals surface area (Å²) < 4.78 is 0. The average molecular weight is 178 g/mol. The first-order chi connectivity index (χ1) is 5.70. The lowest BCUT2D eigenvalue weighted by atomic mass is 10.2. The molecule has 0 aromatic heterocycles. The molecule has 6 N–H and O–H groups in total. The van der Waals surface area contributed by atoms with Crippen molar-refractivity contribution in [2.24, 2.45) is 5.73 Å². The van der Waals surface area contributed by atoms with Crippen LogP contribution in [0.25, 0.3) is 0 Å². The fraction of sp³-hybridized carbons (Fsp3) is 1.00. The maximum atomic E-state index is 9.10. The molecule has 0 aliphatic rings. The average Bonchev–Trinajstić information content (AvgIpc) is 2.04. The Kier molecular flexibility index (Phi) is 7.33. The van der Waals surface area contributed by atoms with Crippen molar-refractivity contribution in [3.8, 4) is 0 Å². The first-order valence-electron chi connectivity index (χ1n) is 4.11. The summed E-state index contributed by atoms with van der Waals surface area (Å²) in [5, 5.41) is 29.2. The number of nitrogens with one attached hydrogen (secondary N) is 1. The molecule has 0 aliphatic carbocycles. The second kappa shape index (κ2) is 7.45. The zero-order valence-electron chi connectivity index (χ0n) is 7.11. The monoisotopic (exact) mass is 178 g/mol. The van der Waals surface area contributed by atoms with Crippen LogP contribution in [0.5, 0.6) is 0 Å². The third-order valence-electron chi connectivity index (χ3n) is 1.51. The van der Waals surface area contributed by atoms with Crippen molar-refractivity contribution in [3.63, 3.8) is 0 Å². The van der Waals surface area contributed by atoms with E-state index < -0.39 is 12.3 Å². The highest BCUT2D eigenvalue weighted by Crippen LogP contribution is 1.89. The molecular formula is C7H18N2O3. The highest BCUT2D eigenvalue weighted by Gasteiger charge is 2.04. The Labute approximate surface area is 72.2 Å². The Morgan fingerprint density at radius 2 is 1.92 bits per heavy atom. The Bertz CT molecular complexity index is 103. The summed E-state index contributed by atoms with van der Waals surface area (Å²) in [5.41, 5.74) is 5.20. The third kappa shape index (κ3) is 6.51. The molecule has 0 saturated carbocycles. The molecule has 74 valence electrons. The van der Waals surface area contributed by atoms with E-state index in [1.54, 1.807) is 0 Å². The molecule has 0 spiro atoms. The topological polar surface area (TPSA) is 98.7 Å². The standard InChI is InChI=1S/C7H18N2O3/c8-3-1-7(12)9-4-2-6(11)5-10/h6-7,9-12H,1-5,8H2/t6-,7?/m0/s1. The van der Waals surface area contributed by atoms with Crippen LogP contribution in [-0.2, 0) is 0 Å². The molecule has 0 aromatic rings. The van der Waals surface area contributed by atoms with Gasteiger partial charge in [-0.1, -0.05) is 0 Å². The quantitative estimate of drug-likeness (QED) is 0.290. The summed E-state index contributed by atoms with van der Waals surface area (Å²) in [6, 6.07) is 0. The summed E-state index contributed by atoms with van der Waals surface area (Å²) in [7, 11) is 0. The Hall–Kier alpha value is -0.200. The van der Waals surface area contributed by atoms with Gasteiger partial charge >= 0.3 is 0 Å². The van der Waals surface area contributed by atoms with Gasteiger partial charge in [-0.3, -0.25) is 5.32 Å². The molecule has 1 unspecified atom stereocenters. The second-order valence-corrected chi connectivity index (χ2v) is 2.67. The molecule has 12 heavy (non-hydrogen) atoms. The van der Waals surface area contributed by atoms with E-state index in [-0.39, 0.29) is 6.61 Å². The Morgan fingerprint density at radius 1 is 1.25 bits per heavy atom. The van der Waals surface area contributed by atoms with Crippen molar-refractivity contribution in [2.45, 2.75) is 25.2 Å². The summed E-state index contributed by atoms with van der Waals surface area (Å²) >= 11 is 0. The molecule has 0 aromatic carbocycles. The van der Waals surface area contributed by atoms with Crippen molar-refractivity contribution >= 4 is 0 Å². The van der Waals surface area contributed by atoms with Crippen molar-refractivity contribution in [3.05, 3.63) is 0 Å². The lowest BCUT2D eigenvalue weighted by Gasteiger charge is -2.12. The second-order valence-electron chi connectivity index (χ2n) is 2.67. The van der Waals surface area contributed by atoms with Crippen molar-refractivity contribution in [1.29, 1.82) is 0 Å². The van der Waals surface area contributed by atoms with E-state index in [0.29, 0.717) is 25.9 Å². The molecule has 0 rings (SSSR count). The normalized spacial score (nSPS) is 16.0. The summed E-state index contributed by atoms with van der Waals surface area (Å²) in [4.78, 5) is 0. The van der Waals surface area contributed by atoms with Gasteiger partial charge in [0.15, 0.2) is 0 Å². The van der Waals surface area contributed by atoms with Gasteiger partial charge in [0, 0.05) is 6.54 Å². The van der Waals surface area contributed by atoms with E-state index in [4.69, 9.17) is 21.1 Å². The first-order valence-corrected chi connectivity index (χ1v) is 4.11. The molecule has 0 fully saturated rings. The molecule has 5 heteroatoms. The van der Waals surface area contributed by atoms with Gasteiger partial charge < -0.3 is 21.1 Å². The van der Waals surface area contributed by atoms with Crippen LogP contribution in [0.15, 0.2) is 0 Å². The van der Waals surface area contributed by atoms with Gasteiger partial charge in [0.25, 0.3) is 0 Å². The number of rotatable bonds is 7. The van der Waals surface area contributed by atoms with Crippen LogP contribution in [0, 0.1) is 0 Å². The maximum absolute atomic E-state index is 9.10. The van der Waals surface area contributed by atoms with Gasteiger partial charge in [-0.2, -0.15) is 0 Å². The summed E-state index contributed by atoms with van der Waals surface area (Å²) in [6.45, 7) is 0.661. The predicted molar refractivity (Wildman–Crippen MR) is 45.4 cm³/mol. The number of hydrogen-bond donors (Lipinski definition) is 5. The van der Waals surface area contributed by atoms with Crippen LogP contribution in [0.1, 0.15) is 12.8 Å². The van der Waals surface area contributed by atoms with E-state index in [1.807, 2.05) is 0 Å². The lowest BCUT2D eigenvalue weighted by molar-refractivity contribution is 0.0778. The van der Waals surface area contributed by atoms with Gasteiger partial charge in [0.05, 0.1) is 12.7 Å². The van der Waals surface area contributed by atoms with E-state index in [1.165, 1.54) is 0 Å². The first kappa shape index (κ1) is 11.8. The number of aliphatic hydroxyl groups excluding tert-OH is 3. The fourth-order valence-corrected chi connectivity index (χ4v) is 0.768. The molecule has 0 bridgehead atoms. The molecule has 0 aliphatic heterocycles. The van der Waals surface area contributed by atoms with Crippen molar-refractivity contribution < 1.29 is 15.3 Å². The van der Waals surface area contributed by atoms with Crippen molar-refractivity contribution in [2.75, 3.05) is 19.7 Å². The van der Waals surface area contributed by atoms with Gasteiger partial charge in [0.2, 0.25) is 0 Å². The van der Waals surface area contributed by atoms with E-state index in [9.17, 15) is 0 Å². The van der Waals surface area contributed by atoms with Crippen LogP contribution in [0.2, 0.25) is 0 Å². The van der Waals surface area contributed by atoms with Crippen LogP contribution in [0.4, 0.5) is 0 Å². The molecule has 0 radical (unpaired) electrons. The summed E-state index contributed by atoms with van der Waals surface area (Å²) in [5.74, 6) is 0. The fourth-order valence-electron chi connectivity index (χ4n) is 0.768. The van der Waals surface area contributed by atoms with Crippen LogP contribution in [-0.4, -0.2) is 47.3 Å². The largest absolute Gasteiger partial charge is 0.394 e. The minimum absolute atomic E-state index is 0.241. The van der Waals surface area contributed by atoms with Crippen LogP contribution in [0.3, 0.4) is 0 Å². The SMILES string of the molecule is NCCC(O)NCC[C@H](O)CO. The van der Waals surface area contributed by atoms with Crippen LogP contribution >= 0.6 is 0 Å². The molecule has 0 amide bonds. The molecule has 2 atom stereocenters. The molecule has 0 heterocycles. The van der Waals surface area contributed by atoms with Gasteiger partial charge in [0.1, 0.15) is 6.23 Å². The maximum Gasteiger partial charge on any atom is 0.106 e. The Balaban J connectivity index is 3.18. The van der Waals surface area contributed by atoms with E-state index in [0.717, 1.165) is 0 Å². The highest BCUT2D eigenvalue weighted by molar-refractivity contribution is 4.58. The van der Waals surface area contributed by atoms with Crippen molar-refractivity contribution in [1.82, 2.24) is 5.32 Å². The molecule has 5 nitrogen and oxygen atoms in total. The smallest absolute Gasteiger partial charge is 0.106 e. The minimum atomic E-state index is -0.706.